The molecule has 2 aliphatic rings. The van der Waals surface area contributed by atoms with E-state index >= 15 is 0 Å². The fraction of sp³-hybridized carbons (Fsp3) is 0.857. The second-order valence-electron chi connectivity index (χ2n) is 5.67. The van der Waals surface area contributed by atoms with Gasteiger partial charge in [-0.2, -0.15) is 11.8 Å². The summed E-state index contributed by atoms with van der Waals surface area (Å²) in [5.74, 6) is 0.722. The molecule has 0 aromatic rings. The Morgan fingerprint density at radius 1 is 1.43 bits per heavy atom. The molecule has 1 N–H and O–H groups in total. The summed E-state index contributed by atoms with van der Waals surface area (Å²) in [7, 11) is 1.78. The molecule has 0 aliphatic carbocycles. The van der Waals surface area contributed by atoms with Gasteiger partial charge < -0.3 is 19.6 Å². The number of carbonyl (C=O) groups is 2. The van der Waals surface area contributed by atoms with Crippen LogP contribution in [0.2, 0.25) is 0 Å². The molecule has 0 bridgehead atoms. The summed E-state index contributed by atoms with van der Waals surface area (Å²) in [6.45, 7) is 1.98. The third kappa shape index (κ3) is 4.78. The lowest BCUT2D eigenvalue weighted by Crippen LogP contribution is -2.53. The number of thioether (sulfide) groups is 1. The summed E-state index contributed by atoms with van der Waals surface area (Å²) in [6.07, 6.45) is 3.37. The third-order valence-corrected chi connectivity index (χ3v) is 5.05. The van der Waals surface area contributed by atoms with Gasteiger partial charge in [-0.15, -0.1) is 0 Å². The first-order chi connectivity index (χ1) is 10.1. The van der Waals surface area contributed by atoms with Gasteiger partial charge in [-0.3, -0.25) is 4.79 Å². The zero-order chi connectivity index (χ0) is 15.2. The number of nitrogens with zero attached hydrogens (tertiary/aromatic N) is 2. The van der Waals surface area contributed by atoms with Gasteiger partial charge >= 0.3 is 12.0 Å². The Hall–Kier alpha value is -0.950. The molecule has 2 unspecified atom stereocenters. The van der Waals surface area contributed by atoms with E-state index in [2.05, 4.69) is 0 Å². The van der Waals surface area contributed by atoms with E-state index < -0.39 is 5.97 Å². The molecular formula is C14H24N2O4S. The molecule has 6 nitrogen and oxygen atoms in total. The van der Waals surface area contributed by atoms with Gasteiger partial charge in [-0.25, -0.2) is 4.79 Å². The van der Waals surface area contributed by atoms with Crippen molar-refractivity contribution in [2.24, 2.45) is 0 Å². The highest BCUT2D eigenvalue weighted by molar-refractivity contribution is 7.99. The number of hydrogen-bond donors (Lipinski definition) is 1. The van der Waals surface area contributed by atoms with Gasteiger partial charge in [0, 0.05) is 38.2 Å². The monoisotopic (exact) mass is 316 g/mol. The smallest absolute Gasteiger partial charge is 0.320 e. The normalized spacial score (nSPS) is 26.4. The van der Waals surface area contributed by atoms with Crippen molar-refractivity contribution < 1.29 is 19.4 Å². The summed E-state index contributed by atoms with van der Waals surface area (Å²) in [4.78, 5) is 26.9. The zero-order valence-corrected chi connectivity index (χ0v) is 13.3. The van der Waals surface area contributed by atoms with Crippen LogP contribution >= 0.6 is 11.8 Å². The largest absolute Gasteiger partial charge is 0.481 e. The van der Waals surface area contributed by atoms with Gasteiger partial charge in [-0.05, 0) is 19.3 Å². The van der Waals surface area contributed by atoms with Crippen molar-refractivity contribution >= 4 is 23.8 Å². The van der Waals surface area contributed by atoms with Gasteiger partial charge in [0.15, 0.2) is 0 Å². The number of carbonyl (C=O) groups excluding carboxylic acids is 1. The van der Waals surface area contributed by atoms with E-state index in [1.54, 1.807) is 28.6 Å². The van der Waals surface area contributed by atoms with E-state index in [4.69, 9.17) is 9.84 Å². The van der Waals surface area contributed by atoms with Gasteiger partial charge in [0.25, 0.3) is 0 Å². The summed E-state index contributed by atoms with van der Waals surface area (Å²) in [6, 6.07) is -0.279. The number of carboxylic acid groups (broad SMARTS) is 1. The van der Waals surface area contributed by atoms with E-state index in [9.17, 15) is 9.59 Å². The lowest BCUT2D eigenvalue weighted by Gasteiger charge is -2.38. The highest BCUT2D eigenvalue weighted by Gasteiger charge is 2.31. The number of rotatable bonds is 4. The fourth-order valence-electron chi connectivity index (χ4n) is 2.83. The van der Waals surface area contributed by atoms with Crippen LogP contribution in [0.25, 0.3) is 0 Å². The lowest BCUT2D eigenvalue weighted by atomic mass is 10.1. The molecule has 2 saturated heterocycles. The van der Waals surface area contributed by atoms with Crippen molar-refractivity contribution in [3.63, 3.8) is 0 Å². The first kappa shape index (κ1) is 16.4. The van der Waals surface area contributed by atoms with Gasteiger partial charge in [0.1, 0.15) is 0 Å². The molecule has 120 valence electrons. The minimum atomic E-state index is -0.849. The van der Waals surface area contributed by atoms with Crippen LogP contribution in [0.1, 0.15) is 25.7 Å². The Morgan fingerprint density at radius 3 is 2.90 bits per heavy atom. The molecular weight excluding hydrogens is 292 g/mol. The van der Waals surface area contributed by atoms with Crippen LogP contribution in [0.4, 0.5) is 4.79 Å². The van der Waals surface area contributed by atoms with Crippen LogP contribution in [0.5, 0.6) is 0 Å². The molecule has 0 saturated carbocycles. The Kier molecular flexibility index (Phi) is 6.17. The minimum Gasteiger partial charge on any atom is -0.481 e. The molecule has 0 aromatic carbocycles. The van der Waals surface area contributed by atoms with Crippen LogP contribution in [-0.2, 0) is 9.53 Å². The summed E-state index contributed by atoms with van der Waals surface area (Å²) >= 11 is 1.71. The second kappa shape index (κ2) is 7.89. The van der Waals surface area contributed by atoms with Gasteiger partial charge in [-0.1, -0.05) is 0 Å². The Labute approximate surface area is 129 Å². The third-order valence-electron chi connectivity index (χ3n) is 3.96. The lowest BCUT2D eigenvalue weighted by molar-refractivity contribution is -0.138. The molecule has 0 aromatic heterocycles. The number of likely N-dealkylation sites (N-methyl/N-ethyl adjacent to an activating group) is 1. The molecule has 2 rings (SSSR count). The molecule has 2 heterocycles. The minimum absolute atomic E-state index is 0.0203. The summed E-state index contributed by atoms with van der Waals surface area (Å²) < 4.78 is 5.67. The molecule has 7 heteroatoms. The van der Waals surface area contributed by atoms with Gasteiger partial charge in [0.05, 0.1) is 18.6 Å². The van der Waals surface area contributed by atoms with Crippen molar-refractivity contribution in [3.05, 3.63) is 0 Å². The summed E-state index contributed by atoms with van der Waals surface area (Å²) in [5, 5.41) is 8.98. The standard InChI is InChI=1S/C14H24N2O4S/c1-15(9-12-4-2-3-6-20-12)14(19)16-5-7-21-10-11(16)8-13(17)18/h11-12H,2-10H2,1H3,(H,17,18). The number of urea groups is 1. The number of ether oxygens (including phenoxy) is 1. The van der Waals surface area contributed by atoms with E-state index in [0.717, 1.165) is 31.6 Å². The Bertz CT molecular complexity index is 374. The topological polar surface area (TPSA) is 70.1 Å². The molecule has 21 heavy (non-hydrogen) atoms. The molecule has 2 fully saturated rings. The van der Waals surface area contributed by atoms with E-state index in [1.165, 1.54) is 0 Å². The first-order valence-electron chi connectivity index (χ1n) is 7.51. The predicted molar refractivity (Wildman–Crippen MR) is 81.7 cm³/mol. The maximum Gasteiger partial charge on any atom is 0.320 e. The van der Waals surface area contributed by atoms with Crippen LogP contribution in [-0.4, -0.2) is 77.3 Å². The van der Waals surface area contributed by atoms with Crippen molar-refractivity contribution in [2.75, 3.05) is 38.2 Å². The van der Waals surface area contributed by atoms with Crippen LogP contribution < -0.4 is 0 Å². The molecule has 0 spiro atoms. The molecule has 0 radical (unpaired) electrons. The zero-order valence-electron chi connectivity index (χ0n) is 12.5. The van der Waals surface area contributed by atoms with Crippen LogP contribution in [0.15, 0.2) is 0 Å². The quantitative estimate of drug-likeness (QED) is 0.851. The van der Waals surface area contributed by atoms with Gasteiger partial charge in [0.2, 0.25) is 0 Å². The number of amides is 2. The maximum absolute atomic E-state index is 12.6. The first-order valence-corrected chi connectivity index (χ1v) is 8.66. The average molecular weight is 316 g/mol. The van der Waals surface area contributed by atoms with E-state index in [0.29, 0.717) is 18.8 Å². The van der Waals surface area contributed by atoms with E-state index in [-0.39, 0.29) is 24.6 Å². The Balaban J connectivity index is 1.90. The van der Waals surface area contributed by atoms with Crippen molar-refractivity contribution in [3.8, 4) is 0 Å². The maximum atomic E-state index is 12.6. The van der Waals surface area contributed by atoms with Crippen molar-refractivity contribution in [2.45, 2.75) is 37.8 Å². The molecule has 2 aliphatic heterocycles. The predicted octanol–water partition coefficient (Wildman–Crippen LogP) is 1.50. The average Bonchev–Trinajstić information content (AvgIpc) is 2.47. The number of aliphatic carboxylic acids is 1. The number of hydrogen-bond acceptors (Lipinski definition) is 4. The molecule has 2 atom stereocenters. The SMILES string of the molecule is CN(CC1CCCCO1)C(=O)N1CCSCC1CC(=O)O. The number of carboxylic acids is 1. The summed E-state index contributed by atoms with van der Waals surface area (Å²) in [5.41, 5.74) is 0. The van der Waals surface area contributed by atoms with Crippen molar-refractivity contribution in [1.82, 2.24) is 9.80 Å². The highest BCUT2D eigenvalue weighted by Crippen LogP contribution is 2.21. The highest BCUT2D eigenvalue weighted by atomic mass is 32.2. The molecule has 2 amide bonds. The second-order valence-corrected chi connectivity index (χ2v) is 6.82. The fourth-order valence-corrected chi connectivity index (χ4v) is 3.89. The van der Waals surface area contributed by atoms with Crippen LogP contribution in [0, 0.1) is 0 Å². The van der Waals surface area contributed by atoms with Crippen LogP contribution in [0.3, 0.4) is 0 Å². The van der Waals surface area contributed by atoms with E-state index in [1.807, 2.05) is 0 Å². The Morgan fingerprint density at radius 2 is 2.24 bits per heavy atom. The van der Waals surface area contributed by atoms with Crippen molar-refractivity contribution in [1.29, 1.82) is 0 Å².